The quantitative estimate of drug-likeness (QED) is 0.666. The van der Waals surface area contributed by atoms with E-state index in [9.17, 15) is 4.79 Å². The number of furan rings is 1. The summed E-state index contributed by atoms with van der Waals surface area (Å²) in [6.45, 7) is 7.76. The highest BCUT2D eigenvalue weighted by Gasteiger charge is 2.29. The van der Waals surface area contributed by atoms with E-state index in [0.717, 1.165) is 42.8 Å². The van der Waals surface area contributed by atoms with Gasteiger partial charge in [-0.25, -0.2) is 0 Å². The van der Waals surface area contributed by atoms with Crippen molar-refractivity contribution in [2.24, 2.45) is 0 Å². The molecule has 2 atom stereocenters. The zero-order chi connectivity index (χ0) is 20.2. The Morgan fingerprint density at radius 1 is 1.21 bits per heavy atom. The van der Waals surface area contributed by atoms with Gasteiger partial charge in [-0.2, -0.15) is 0 Å². The van der Waals surface area contributed by atoms with Crippen molar-refractivity contribution in [1.29, 1.82) is 0 Å². The number of nitrogens with zero attached hydrogens (tertiary/aromatic N) is 5. The van der Waals surface area contributed by atoms with Gasteiger partial charge in [0.05, 0.1) is 31.8 Å². The number of rotatable bonds is 6. The summed E-state index contributed by atoms with van der Waals surface area (Å²) in [4.78, 5) is 17.2. The third-order valence-electron chi connectivity index (χ3n) is 5.69. The van der Waals surface area contributed by atoms with Crippen LogP contribution in [0.5, 0.6) is 0 Å². The molecule has 9 heteroatoms. The number of aromatic nitrogens is 3. The van der Waals surface area contributed by atoms with Gasteiger partial charge in [0.1, 0.15) is 5.76 Å². The van der Waals surface area contributed by atoms with Gasteiger partial charge in [0.15, 0.2) is 5.16 Å². The van der Waals surface area contributed by atoms with Gasteiger partial charge < -0.3 is 19.0 Å². The van der Waals surface area contributed by atoms with Crippen LogP contribution in [-0.4, -0.2) is 69.7 Å². The Morgan fingerprint density at radius 3 is 2.66 bits per heavy atom. The molecule has 4 rings (SSSR count). The van der Waals surface area contributed by atoms with Crippen molar-refractivity contribution in [1.82, 2.24) is 19.7 Å². The second kappa shape index (κ2) is 9.21. The minimum atomic E-state index is 0.176. The molecule has 1 amide bonds. The fourth-order valence-electron chi connectivity index (χ4n) is 4.20. The fraction of sp³-hybridized carbons (Fsp3) is 0.650. The number of carbonyl (C=O) groups is 1. The highest BCUT2D eigenvalue weighted by atomic mass is 32.2. The summed E-state index contributed by atoms with van der Waals surface area (Å²) < 4.78 is 13.1. The molecular formula is C20H29N5O3S. The Morgan fingerprint density at radius 2 is 1.97 bits per heavy atom. The van der Waals surface area contributed by atoms with E-state index in [-0.39, 0.29) is 5.91 Å². The molecule has 0 N–H and O–H groups in total. The molecule has 2 unspecified atom stereocenters. The number of thioether (sulfide) groups is 1. The number of hydrogen-bond acceptors (Lipinski definition) is 7. The average Bonchev–Trinajstić information content (AvgIpc) is 3.37. The first-order valence-electron chi connectivity index (χ1n) is 10.4. The normalized spacial score (nSPS) is 22.8. The molecule has 2 aromatic heterocycles. The third kappa shape index (κ3) is 4.61. The smallest absolute Gasteiger partial charge is 0.233 e. The first-order chi connectivity index (χ1) is 14.1. The van der Waals surface area contributed by atoms with E-state index in [1.54, 1.807) is 6.26 Å². The van der Waals surface area contributed by atoms with Crippen LogP contribution in [0.4, 0.5) is 5.95 Å². The van der Waals surface area contributed by atoms with Crippen LogP contribution in [-0.2, 0) is 16.1 Å². The number of ether oxygens (including phenoxy) is 1. The maximum atomic E-state index is 12.9. The number of amides is 1. The standard InChI is InChI=1S/C20H29N5O3S/c1-15-5-3-6-16(2)25(15)18(26)14-29-20-22-21-19(23-8-11-27-12-9-23)24(20)13-17-7-4-10-28-17/h4,7,10,15-16H,3,5-6,8-9,11-14H2,1-2H3. The summed E-state index contributed by atoms with van der Waals surface area (Å²) in [5.41, 5.74) is 0. The Kier molecular flexibility index (Phi) is 6.44. The van der Waals surface area contributed by atoms with E-state index >= 15 is 0 Å². The van der Waals surface area contributed by atoms with Crippen LogP contribution >= 0.6 is 11.8 Å². The average molecular weight is 420 g/mol. The topological polar surface area (TPSA) is 76.6 Å². The van der Waals surface area contributed by atoms with Crippen molar-refractivity contribution in [3.8, 4) is 0 Å². The van der Waals surface area contributed by atoms with E-state index in [4.69, 9.17) is 9.15 Å². The molecule has 4 heterocycles. The largest absolute Gasteiger partial charge is 0.467 e. The Hall–Kier alpha value is -2.00. The summed E-state index contributed by atoms with van der Waals surface area (Å²) >= 11 is 1.46. The van der Waals surface area contributed by atoms with Crippen LogP contribution in [0.2, 0.25) is 0 Å². The van der Waals surface area contributed by atoms with Gasteiger partial charge in [-0.1, -0.05) is 11.8 Å². The van der Waals surface area contributed by atoms with E-state index in [1.165, 1.54) is 18.2 Å². The van der Waals surface area contributed by atoms with E-state index < -0.39 is 0 Å². The molecule has 29 heavy (non-hydrogen) atoms. The van der Waals surface area contributed by atoms with Crippen LogP contribution in [0, 0.1) is 0 Å². The first-order valence-corrected chi connectivity index (χ1v) is 11.3. The molecule has 2 saturated heterocycles. The second-order valence-corrected chi connectivity index (χ2v) is 8.71. The van der Waals surface area contributed by atoms with Crippen molar-refractivity contribution in [3.63, 3.8) is 0 Å². The first kappa shape index (κ1) is 20.3. The van der Waals surface area contributed by atoms with Gasteiger partial charge in [-0.3, -0.25) is 9.36 Å². The van der Waals surface area contributed by atoms with Gasteiger partial charge in [0.2, 0.25) is 11.9 Å². The molecule has 2 aliphatic heterocycles. The van der Waals surface area contributed by atoms with Gasteiger partial charge in [-0.15, -0.1) is 10.2 Å². The third-order valence-corrected chi connectivity index (χ3v) is 6.64. The monoisotopic (exact) mass is 419 g/mol. The molecule has 8 nitrogen and oxygen atoms in total. The zero-order valence-corrected chi connectivity index (χ0v) is 17.9. The summed E-state index contributed by atoms with van der Waals surface area (Å²) in [6, 6.07) is 4.43. The lowest BCUT2D eigenvalue weighted by atomic mass is 9.98. The Labute approximate surface area is 175 Å². The van der Waals surface area contributed by atoms with Gasteiger partial charge >= 0.3 is 0 Å². The lowest BCUT2D eigenvalue weighted by Gasteiger charge is -2.39. The predicted octanol–water partition coefficient (Wildman–Crippen LogP) is 2.64. The van der Waals surface area contributed by atoms with Crippen molar-refractivity contribution >= 4 is 23.6 Å². The van der Waals surface area contributed by atoms with Crippen LogP contribution in [0.25, 0.3) is 0 Å². The molecule has 2 aromatic rings. The maximum Gasteiger partial charge on any atom is 0.233 e. The van der Waals surface area contributed by atoms with Crippen molar-refractivity contribution in [3.05, 3.63) is 24.2 Å². The maximum absolute atomic E-state index is 12.9. The number of hydrogen-bond donors (Lipinski definition) is 0. The number of carbonyl (C=O) groups excluding carboxylic acids is 1. The SMILES string of the molecule is CC1CCCC(C)N1C(=O)CSc1nnc(N2CCOCC2)n1Cc1ccco1. The van der Waals surface area contributed by atoms with Crippen molar-refractivity contribution < 1.29 is 13.9 Å². The van der Waals surface area contributed by atoms with E-state index in [1.807, 2.05) is 21.6 Å². The van der Waals surface area contributed by atoms with Crippen molar-refractivity contribution in [2.45, 2.75) is 56.9 Å². The molecule has 0 bridgehead atoms. The number of anilines is 1. The number of likely N-dealkylation sites (tertiary alicyclic amines) is 1. The molecule has 2 fully saturated rings. The summed E-state index contributed by atoms with van der Waals surface area (Å²) in [7, 11) is 0. The van der Waals surface area contributed by atoms with Crippen LogP contribution < -0.4 is 4.90 Å². The number of piperidine rings is 1. The zero-order valence-electron chi connectivity index (χ0n) is 17.1. The van der Waals surface area contributed by atoms with Crippen LogP contribution in [0.15, 0.2) is 28.0 Å². The van der Waals surface area contributed by atoms with E-state index in [0.29, 0.717) is 37.6 Å². The number of morpholine rings is 1. The van der Waals surface area contributed by atoms with Gasteiger partial charge in [-0.05, 0) is 45.2 Å². The summed E-state index contributed by atoms with van der Waals surface area (Å²) in [5, 5.41) is 9.59. The molecule has 0 radical (unpaired) electrons. The fourth-order valence-corrected chi connectivity index (χ4v) is 5.00. The molecule has 0 aromatic carbocycles. The summed E-state index contributed by atoms with van der Waals surface area (Å²) in [6.07, 6.45) is 5.02. The minimum Gasteiger partial charge on any atom is -0.467 e. The molecule has 2 aliphatic rings. The van der Waals surface area contributed by atoms with Gasteiger partial charge in [0.25, 0.3) is 0 Å². The summed E-state index contributed by atoms with van der Waals surface area (Å²) in [5.74, 6) is 2.19. The lowest BCUT2D eigenvalue weighted by Crippen LogP contribution is -2.48. The van der Waals surface area contributed by atoms with E-state index in [2.05, 4.69) is 28.9 Å². The van der Waals surface area contributed by atoms with Crippen LogP contribution in [0.1, 0.15) is 38.9 Å². The van der Waals surface area contributed by atoms with Crippen molar-refractivity contribution in [2.75, 3.05) is 37.0 Å². The lowest BCUT2D eigenvalue weighted by molar-refractivity contribution is -0.134. The molecule has 0 aliphatic carbocycles. The minimum absolute atomic E-state index is 0.176. The predicted molar refractivity (Wildman–Crippen MR) is 111 cm³/mol. The molecule has 0 spiro atoms. The highest BCUT2D eigenvalue weighted by molar-refractivity contribution is 7.99. The molecular weight excluding hydrogens is 390 g/mol. The van der Waals surface area contributed by atoms with Crippen LogP contribution in [0.3, 0.4) is 0 Å². The Balaban J connectivity index is 1.50. The Bertz CT molecular complexity index is 793. The highest BCUT2D eigenvalue weighted by Crippen LogP contribution is 2.27. The molecule has 0 saturated carbocycles. The molecule has 158 valence electrons. The van der Waals surface area contributed by atoms with Gasteiger partial charge in [0, 0.05) is 25.2 Å². The second-order valence-electron chi connectivity index (χ2n) is 7.77.